The summed E-state index contributed by atoms with van der Waals surface area (Å²) in [5.41, 5.74) is 0. The zero-order chi connectivity index (χ0) is 8.53. The van der Waals surface area contributed by atoms with Crippen molar-refractivity contribution in [3.8, 4) is 0 Å². The molecule has 68 valence electrons. The van der Waals surface area contributed by atoms with E-state index >= 15 is 0 Å². The zero-order valence-electron chi connectivity index (χ0n) is 7.61. The molecule has 0 aromatic carbocycles. The molecular weight excluding hydrogens is 176 g/mol. The van der Waals surface area contributed by atoms with E-state index in [9.17, 15) is 0 Å². The van der Waals surface area contributed by atoms with E-state index < -0.39 is 0 Å². The van der Waals surface area contributed by atoms with Gasteiger partial charge in [0.15, 0.2) is 9.76 Å². The topological polar surface area (TPSA) is 9.23 Å². The van der Waals surface area contributed by atoms with E-state index in [1.807, 2.05) is 0 Å². The second-order valence-electron chi connectivity index (χ2n) is 2.71. The van der Waals surface area contributed by atoms with Crippen molar-refractivity contribution in [1.29, 1.82) is 0 Å². The van der Waals surface area contributed by atoms with Crippen molar-refractivity contribution < 1.29 is 4.43 Å². The molecule has 0 aliphatic heterocycles. The fourth-order valence-corrected chi connectivity index (χ4v) is 2.90. The number of rotatable bonds is 7. The van der Waals surface area contributed by atoms with Gasteiger partial charge in [-0.05, 0) is 25.3 Å². The molecule has 0 N–H and O–H groups in total. The highest BCUT2D eigenvalue weighted by Crippen LogP contribution is 2.03. The molecule has 0 saturated heterocycles. The predicted molar refractivity (Wildman–Crippen MR) is 54.1 cm³/mol. The van der Waals surface area contributed by atoms with Gasteiger partial charge in [0, 0.05) is 12.0 Å². The highest BCUT2D eigenvalue weighted by Gasteiger charge is 2.01. The van der Waals surface area contributed by atoms with E-state index in [0.29, 0.717) is 6.10 Å². The molecule has 0 amide bonds. The van der Waals surface area contributed by atoms with Gasteiger partial charge in [-0.3, -0.25) is 0 Å². The Bertz CT molecular complexity index is 76.5. The maximum Gasteiger partial charge on any atom is 0.162 e. The highest BCUT2D eigenvalue weighted by atomic mass is 35.5. The Balaban J connectivity index is 3.07. The van der Waals surface area contributed by atoms with Crippen LogP contribution in [-0.2, 0) is 4.43 Å². The van der Waals surface area contributed by atoms with Gasteiger partial charge in [0.25, 0.3) is 0 Å². The Kier molecular flexibility index (Phi) is 8.93. The summed E-state index contributed by atoms with van der Waals surface area (Å²) in [6.45, 7) is 4.37. The molecule has 0 aliphatic carbocycles. The minimum atomic E-state index is -0.254. The van der Waals surface area contributed by atoms with Crippen LogP contribution in [0.1, 0.15) is 33.1 Å². The van der Waals surface area contributed by atoms with Crippen LogP contribution in [0.3, 0.4) is 0 Å². The number of hydrogen-bond donors (Lipinski definition) is 0. The van der Waals surface area contributed by atoms with Crippen molar-refractivity contribution >= 4 is 21.4 Å². The highest BCUT2D eigenvalue weighted by molar-refractivity contribution is 6.27. The molecule has 0 aliphatic rings. The molecule has 0 aromatic rings. The van der Waals surface area contributed by atoms with Crippen LogP contribution in [-0.4, -0.2) is 21.7 Å². The molecular formula is C8H19ClOSi. The van der Waals surface area contributed by atoms with E-state index in [1.54, 1.807) is 0 Å². The fourth-order valence-electron chi connectivity index (χ4n) is 0.971. The van der Waals surface area contributed by atoms with Crippen molar-refractivity contribution in [2.45, 2.75) is 45.3 Å². The normalized spacial score (nSPS) is 12.0. The van der Waals surface area contributed by atoms with Crippen LogP contribution in [0.5, 0.6) is 0 Å². The third kappa shape index (κ3) is 6.85. The standard InChI is InChI=1S/C8H19ClOSi/c1-3-8(4-2)10-11-7-5-6-9/h8H,3-7,11H2,1-2H3. The summed E-state index contributed by atoms with van der Waals surface area (Å²) in [6.07, 6.45) is 3.97. The molecule has 0 spiro atoms. The van der Waals surface area contributed by atoms with Crippen LogP contribution in [0.25, 0.3) is 0 Å². The molecule has 0 rings (SSSR count). The van der Waals surface area contributed by atoms with Gasteiger partial charge >= 0.3 is 0 Å². The van der Waals surface area contributed by atoms with Gasteiger partial charge in [-0.1, -0.05) is 13.8 Å². The maximum absolute atomic E-state index is 5.72. The van der Waals surface area contributed by atoms with Crippen molar-refractivity contribution in [2.75, 3.05) is 5.88 Å². The Morgan fingerprint density at radius 1 is 1.36 bits per heavy atom. The Hall–Kier alpha value is 0.467. The minimum Gasteiger partial charge on any atom is -0.421 e. The lowest BCUT2D eigenvalue weighted by molar-refractivity contribution is 0.202. The molecule has 0 radical (unpaired) electrons. The number of alkyl halides is 1. The van der Waals surface area contributed by atoms with Gasteiger partial charge in [-0.15, -0.1) is 11.6 Å². The Morgan fingerprint density at radius 2 is 2.00 bits per heavy atom. The first-order valence-corrected chi connectivity index (χ1v) is 6.63. The molecule has 0 heterocycles. The molecule has 0 saturated carbocycles. The van der Waals surface area contributed by atoms with Gasteiger partial charge in [-0.25, -0.2) is 0 Å². The third-order valence-corrected chi connectivity index (χ3v) is 3.56. The lowest BCUT2D eigenvalue weighted by Crippen LogP contribution is -2.13. The van der Waals surface area contributed by atoms with Crippen molar-refractivity contribution in [1.82, 2.24) is 0 Å². The summed E-state index contributed by atoms with van der Waals surface area (Å²) in [5.74, 6) is 0.791. The van der Waals surface area contributed by atoms with Crippen LogP contribution >= 0.6 is 11.6 Å². The first kappa shape index (κ1) is 11.5. The fraction of sp³-hybridized carbons (Fsp3) is 1.00. The van der Waals surface area contributed by atoms with Crippen molar-refractivity contribution in [3.05, 3.63) is 0 Å². The van der Waals surface area contributed by atoms with E-state index in [-0.39, 0.29) is 9.76 Å². The molecule has 0 aromatic heterocycles. The van der Waals surface area contributed by atoms with Crippen LogP contribution < -0.4 is 0 Å². The summed E-state index contributed by atoms with van der Waals surface area (Å²) in [7, 11) is -0.254. The first-order chi connectivity index (χ1) is 5.35. The van der Waals surface area contributed by atoms with Crippen molar-refractivity contribution in [2.24, 2.45) is 0 Å². The first-order valence-electron chi connectivity index (χ1n) is 4.52. The molecule has 1 nitrogen and oxygen atoms in total. The molecule has 0 fully saturated rings. The van der Waals surface area contributed by atoms with Gasteiger partial charge in [0.1, 0.15) is 0 Å². The molecule has 11 heavy (non-hydrogen) atoms. The average Bonchev–Trinajstić information content (AvgIpc) is 2.05. The molecule has 0 bridgehead atoms. The summed E-state index contributed by atoms with van der Waals surface area (Å²) < 4.78 is 5.72. The lowest BCUT2D eigenvalue weighted by Gasteiger charge is -2.13. The molecule has 3 heteroatoms. The second kappa shape index (κ2) is 8.56. The van der Waals surface area contributed by atoms with Crippen LogP contribution in [0, 0.1) is 0 Å². The van der Waals surface area contributed by atoms with E-state index in [2.05, 4.69) is 13.8 Å². The Morgan fingerprint density at radius 3 is 2.45 bits per heavy atom. The number of hydrogen-bond acceptors (Lipinski definition) is 1. The van der Waals surface area contributed by atoms with Crippen LogP contribution in [0.2, 0.25) is 6.04 Å². The number of halogens is 1. The maximum atomic E-state index is 5.72. The van der Waals surface area contributed by atoms with Gasteiger partial charge in [0.05, 0.1) is 0 Å². The van der Waals surface area contributed by atoms with Crippen molar-refractivity contribution in [3.63, 3.8) is 0 Å². The summed E-state index contributed by atoms with van der Waals surface area (Å²) >= 11 is 5.55. The van der Waals surface area contributed by atoms with Gasteiger partial charge in [-0.2, -0.15) is 0 Å². The third-order valence-electron chi connectivity index (χ3n) is 1.79. The lowest BCUT2D eigenvalue weighted by atomic mass is 10.2. The Labute approximate surface area is 77.4 Å². The summed E-state index contributed by atoms with van der Waals surface area (Å²) in [6, 6.07) is 1.24. The smallest absolute Gasteiger partial charge is 0.162 e. The quantitative estimate of drug-likeness (QED) is 0.344. The van der Waals surface area contributed by atoms with Crippen LogP contribution in [0.15, 0.2) is 0 Å². The molecule has 0 atom stereocenters. The summed E-state index contributed by atoms with van der Waals surface area (Å²) in [4.78, 5) is 0. The monoisotopic (exact) mass is 194 g/mol. The van der Waals surface area contributed by atoms with Gasteiger partial charge < -0.3 is 4.43 Å². The predicted octanol–water partition coefficient (Wildman–Crippen LogP) is 2.32. The van der Waals surface area contributed by atoms with E-state index in [1.165, 1.54) is 6.04 Å². The van der Waals surface area contributed by atoms with E-state index in [0.717, 1.165) is 25.1 Å². The summed E-state index contributed by atoms with van der Waals surface area (Å²) in [5, 5.41) is 0. The SMILES string of the molecule is CCC(CC)O[SiH2]CCCCl. The second-order valence-corrected chi connectivity index (χ2v) is 4.53. The van der Waals surface area contributed by atoms with Gasteiger partial charge in [0.2, 0.25) is 0 Å². The zero-order valence-corrected chi connectivity index (χ0v) is 9.78. The average molecular weight is 195 g/mol. The minimum absolute atomic E-state index is 0.254. The molecule has 0 unspecified atom stereocenters. The van der Waals surface area contributed by atoms with E-state index in [4.69, 9.17) is 16.0 Å². The van der Waals surface area contributed by atoms with Crippen LogP contribution in [0.4, 0.5) is 0 Å². The largest absolute Gasteiger partial charge is 0.421 e.